The third kappa shape index (κ3) is 7.49. The SMILES string of the molecule is c1ccc(Cc2ccc(Cc3cccc(Pc4ccccc4)c3Cc3ccc(Cc4ccccc4)cc3)cc2)cc1. The van der Waals surface area contributed by atoms with Crippen molar-refractivity contribution in [2.45, 2.75) is 25.7 Å². The Morgan fingerprint density at radius 3 is 1.24 bits per heavy atom. The van der Waals surface area contributed by atoms with Crippen molar-refractivity contribution in [1.29, 1.82) is 0 Å². The van der Waals surface area contributed by atoms with E-state index >= 15 is 0 Å². The molecule has 0 N–H and O–H groups in total. The van der Waals surface area contributed by atoms with Crippen molar-refractivity contribution in [1.82, 2.24) is 0 Å². The molecular formula is C40H35P. The summed E-state index contributed by atoms with van der Waals surface area (Å²) >= 11 is 0. The van der Waals surface area contributed by atoms with Crippen LogP contribution in [0.3, 0.4) is 0 Å². The molecule has 0 aliphatic heterocycles. The largest absolute Gasteiger partial charge is 0.0622 e. The molecule has 6 rings (SSSR count). The molecule has 0 radical (unpaired) electrons. The van der Waals surface area contributed by atoms with Gasteiger partial charge in [0, 0.05) is 0 Å². The molecule has 6 aromatic carbocycles. The summed E-state index contributed by atoms with van der Waals surface area (Å²) in [5.41, 5.74) is 11.0. The highest BCUT2D eigenvalue weighted by molar-refractivity contribution is 7.55. The minimum absolute atomic E-state index is 0.645. The van der Waals surface area contributed by atoms with Gasteiger partial charge in [0.1, 0.15) is 0 Å². The zero-order valence-corrected chi connectivity index (χ0v) is 24.3. The molecule has 200 valence electrons. The van der Waals surface area contributed by atoms with Gasteiger partial charge in [-0.15, -0.1) is 0 Å². The number of rotatable bonds is 10. The first kappa shape index (κ1) is 26.9. The van der Waals surface area contributed by atoms with Gasteiger partial charge in [0.25, 0.3) is 0 Å². The molecule has 0 aliphatic carbocycles. The molecule has 41 heavy (non-hydrogen) atoms. The Morgan fingerprint density at radius 2 is 0.732 bits per heavy atom. The molecule has 0 amide bonds. The molecule has 0 nitrogen and oxygen atoms in total. The molecule has 0 aromatic heterocycles. The van der Waals surface area contributed by atoms with E-state index in [2.05, 4.69) is 158 Å². The van der Waals surface area contributed by atoms with Gasteiger partial charge in [-0.2, -0.15) is 0 Å². The minimum atomic E-state index is 0.645. The monoisotopic (exact) mass is 546 g/mol. The molecule has 0 spiro atoms. The first-order valence-electron chi connectivity index (χ1n) is 14.4. The molecule has 0 fully saturated rings. The van der Waals surface area contributed by atoms with E-state index in [9.17, 15) is 0 Å². The predicted octanol–water partition coefficient (Wildman–Crippen LogP) is 8.68. The van der Waals surface area contributed by atoms with Gasteiger partial charge < -0.3 is 0 Å². The van der Waals surface area contributed by atoms with E-state index in [-0.39, 0.29) is 0 Å². The topological polar surface area (TPSA) is 0 Å². The maximum atomic E-state index is 2.33. The second-order valence-corrected chi connectivity index (χ2v) is 12.1. The van der Waals surface area contributed by atoms with E-state index in [1.54, 1.807) is 0 Å². The van der Waals surface area contributed by atoms with Crippen molar-refractivity contribution >= 4 is 19.2 Å². The van der Waals surface area contributed by atoms with Gasteiger partial charge in [0.2, 0.25) is 0 Å². The predicted molar refractivity (Wildman–Crippen MR) is 177 cm³/mol. The van der Waals surface area contributed by atoms with Crippen LogP contribution in [0.2, 0.25) is 0 Å². The average molecular weight is 547 g/mol. The highest BCUT2D eigenvalue weighted by Gasteiger charge is 2.12. The molecule has 1 heteroatoms. The van der Waals surface area contributed by atoms with Gasteiger partial charge in [-0.1, -0.05) is 166 Å². The Kier molecular flexibility index (Phi) is 8.81. The van der Waals surface area contributed by atoms with Gasteiger partial charge in [0.05, 0.1) is 0 Å². The summed E-state index contributed by atoms with van der Waals surface area (Å²) in [6, 6.07) is 57.7. The van der Waals surface area contributed by atoms with Crippen LogP contribution < -0.4 is 10.6 Å². The number of benzene rings is 6. The van der Waals surface area contributed by atoms with Crippen LogP contribution in [0, 0.1) is 0 Å². The molecule has 0 saturated carbocycles. The van der Waals surface area contributed by atoms with E-state index in [1.165, 1.54) is 55.1 Å². The maximum Gasteiger partial charge on any atom is -0.00166 e. The second kappa shape index (κ2) is 13.4. The first-order valence-corrected chi connectivity index (χ1v) is 15.4. The number of hydrogen-bond acceptors (Lipinski definition) is 0. The van der Waals surface area contributed by atoms with Crippen molar-refractivity contribution in [3.8, 4) is 0 Å². The Hall–Kier alpha value is -4.25. The van der Waals surface area contributed by atoms with Crippen molar-refractivity contribution < 1.29 is 0 Å². The zero-order valence-electron chi connectivity index (χ0n) is 23.3. The summed E-state index contributed by atoms with van der Waals surface area (Å²) in [4.78, 5) is 0. The third-order valence-corrected chi connectivity index (χ3v) is 9.01. The fourth-order valence-electron chi connectivity index (χ4n) is 5.44. The highest BCUT2D eigenvalue weighted by Crippen LogP contribution is 2.24. The summed E-state index contributed by atoms with van der Waals surface area (Å²) < 4.78 is 0. The van der Waals surface area contributed by atoms with Gasteiger partial charge in [0.15, 0.2) is 0 Å². The van der Waals surface area contributed by atoms with Crippen LogP contribution in [-0.4, -0.2) is 0 Å². The third-order valence-electron chi connectivity index (χ3n) is 7.65. The lowest BCUT2D eigenvalue weighted by Gasteiger charge is -2.16. The van der Waals surface area contributed by atoms with Gasteiger partial charge >= 0.3 is 0 Å². The molecule has 0 heterocycles. The summed E-state index contributed by atoms with van der Waals surface area (Å²) in [6.07, 6.45) is 3.84. The summed E-state index contributed by atoms with van der Waals surface area (Å²) in [5.74, 6) is 0. The van der Waals surface area contributed by atoms with E-state index < -0.39 is 0 Å². The smallest absolute Gasteiger partial charge is 0.00166 e. The number of hydrogen-bond donors (Lipinski definition) is 0. The zero-order chi connectivity index (χ0) is 27.7. The molecule has 6 aromatic rings. The fourth-order valence-corrected chi connectivity index (χ4v) is 6.69. The van der Waals surface area contributed by atoms with Crippen LogP contribution in [0.5, 0.6) is 0 Å². The van der Waals surface area contributed by atoms with Crippen molar-refractivity contribution in [2.24, 2.45) is 0 Å². The molecule has 0 saturated heterocycles. The van der Waals surface area contributed by atoms with Crippen LogP contribution in [0.25, 0.3) is 0 Å². The maximum absolute atomic E-state index is 2.33. The van der Waals surface area contributed by atoms with Crippen molar-refractivity contribution in [2.75, 3.05) is 0 Å². The molecule has 0 bridgehead atoms. The molecule has 1 unspecified atom stereocenters. The van der Waals surface area contributed by atoms with Gasteiger partial charge in [-0.25, -0.2) is 0 Å². The van der Waals surface area contributed by atoms with E-state index in [0.29, 0.717) is 8.58 Å². The lowest BCUT2D eigenvalue weighted by molar-refractivity contribution is 1.09. The highest BCUT2D eigenvalue weighted by atomic mass is 31.1. The lowest BCUT2D eigenvalue weighted by atomic mass is 9.93. The first-order chi connectivity index (χ1) is 20.3. The second-order valence-electron chi connectivity index (χ2n) is 10.7. The lowest BCUT2D eigenvalue weighted by Crippen LogP contribution is -2.13. The molecule has 0 aliphatic rings. The Morgan fingerprint density at radius 1 is 0.317 bits per heavy atom. The van der Waals surface area contributed by atoms with Crippen molar-refractivity contribution in [3.05, 3.63) is 202 Å². The standard InChI is InChI=1S/C40H35P/c1-4-11-31(12-5-1)27-33-19-23-35(24-20-33)29-37-15-10-18-40(41-38-16-8-3-9-17-38)39(37)30-36-25-21-34(22-26-36)28-32-13-6-2-7-14-32/h1-26,41H,27-30H2. The summed E-state index contributed by atoms with van der Waals surface area (Å²) in [7, 11) is 0.645. The van der Waals surface area contributed by atoms with Crippen LogP contribution in [-0.2, 0) is 25.7 Å². The van der Waals surface area contributed by atoms with E-state index in [4.69, 9.17) is 0 Å². The fraction of sp³-hybridized carbons (Fsp3) is 0.100. The Labute approximate surface area is 246 Å². The average Bonchev–Trinajstić information content (AvgIpc) is 3.02. The van der Waals surface area contributed by atoms with Crippen LogP contribution in [0.15, 0.2) is 158 Å². The Balaban J connectivity index is 1.24. The normalized spacial score (nSPS) is 11.2. The van der Waals surface area contributed by atoms with Crippen molar-refractivity contribution in [3.63, 3.8) is 0 Å². The molecule has 1 atom stereocenters. The van der Waals surface area contributed by atoms with Crippen LogP contribution in [0.4, 0.5) is 0 Å². The van der Waals surface area contributed by atoms with E-state index in [0.717, 1.165) is 25.7 Å². The van der Waals surface area contributed by atoms with Crippen LogP contribution in [0.1, 0.15) is 44.5 Å². The molecular weight excluding hydrogens is 511 g/mol. The summed E-state index contributed by atoms with van der Waals surface area (Å²) in [6.45, 7) is 0. The van der Waals surface area contributed by atoms with Crippen LogP contribution >= 0.6 is 8.58 Å². The van der Waals surface area contributed by atoms with Gasteiger partial charge in [-0.05, 0) is 80.8 Å². The minimum Gasteiger partial charge on any atom is -0.0622 e. The van der Waals surface area contributed by atoms with E-state index in [1.807, 2.05) is 0 Å². The van der Waals surface area contributed by atoms with Gasteiger partial charge in [-0.3, -0.25) is 0 Å². The quantitative estimate of drug-likeness (QED) is 0.151. The Bertz CT molecular complexity index is 1650. The summed E-state index contributed by atoms with van der Waals surface area (Å²) in [5, 5.41) is 2.83.